The van der Waals surface area contributed by atoms with Gasteiger partial charge in [0.2, 0.25) is 10.0 Å². The summed E-state index contributed by atoms with van der Waals surface area (Å²) in [5.41, 5.74) is 3.45. The predicted molar refractivity (Wildman–Crippen MR) is 137 cm³/mol. The molecule has 0 unspecified atom stereocenters. The van der Waals surface area contributed by atoms with Gasteiger partial charge >= 0.3 is 0 Å². The summed E-state index contributed by atoms with van der Waals surface area (Å²) in [5.74, 6) is 5.75. The number of hydrogen-bond acceptors (Lipinski definition) is 8. The van der Waals surface area contributed by atoms with Crippen LogP contribution in [-0.2, 0) is 14.8 Å². The zero-order chi connectivity index (χ0) is 26.9. The van der Waals surface area contributed by atoms with Crippen molar-refractivity contribution >= 4 is 20.9 Å². The minimum absolute atomic E-state index is 0.193. The number of aryl methyl sites for hydroxylation is 1. The first-order chi connectivity index (χ1) is 17.6. The van der Waals surface area contributed by atoms with Crippen LogP contribution >= 0.6 is 0 Å². The number of aromatic amines is 1. The van der Waals surface area contributed by atoms with Gasteiger partial charge in [-0.05, 0) is 47.9 Å². The predicted octanol–water partition coefficient (Wildman–Crippen LogP) is 0.763. The third-order valence-corrected chi connectivity index (χ3v) is 8.70. The van der Waals surface area contributed by atoms with Gasteiger partial charge in [-0.1, -0.05) is 31.8 Å². The molecule has 11 heteroatoms. The van der Waals surface area contributed by atoms with Crippen molar-refractivity contribution < 1.29 is 33.6 Å². The van der Waals surface area contributed by atoms with Gasteiger partial charge in [0.1, 0.15) is 30.5 Å². The van der Waals surface area contributed by atoms with Crippen molar-refractivity contribution in [3.8, 4) is 23.0 Å². The maximum absolute atomic E-state index is 13.1. The molecule has 10 nitrogen and oxygen atoms in total. The second kappa shape index (κ2) is 10.9. The van der Waals surface area contributed by atoms with Crippen molar-refractivity contribution in [2.75, 3.05) is 19.7 Å². The molecule has 0 aliphatic carbocycles. The number of hydrogen-bond donors (Lipinski definition) is 5. The molecule has 2 aromatic carbocycles. The van der Waals surface area contributed by atoms with Crippen molar-refractivity contribution in [3.05, 3.63) is 47.7 Å². The Morgan fingerprint density at radius 1 is 1.08 bits per heavy atom. The van der Waals surface area contributed by atoms with Gasteiger partial charge in [-0.25, -0.2) is 8.42 Å². The van der Waals surface area contributed by atoms with E-state index in [0.717, 1.165) is 16.5 Å². The molecule has 1 fully saturated rings. The lowest BCUT2D eigenvalue weighted by molar-refractivity contribution is -0.214. The fourth-order valence-corrected chi connectivity index (χ4v) is 5.95. The Bertz CT molecular complexity index is 1440. The van der Waals surface area contributed by atoms with E-state index in [1.54, 1.807) is 44.3 Å². The number of benzene rings is 2. The normalized spacial score (nSPS) is 24.3. The molecular formula is C26H31N3O7S. The molecule has 5 atom stereocenters. The molecule has 1 saturated heterocycles. The zero-order valence-electron chi connectivity index (χ0n) is 20.8. The Morgan fingerprint density at radius 3 is 2.49 bits per heavy atom. The van der Waals surface area contributed by atoms with Crippen LogP contribution in [-0.4, -0.2) is 93.6 Å². The Kier molecular flexibility index (Phi) is 8.01. The number of aliphatic hydroxyl groups excluding tert-OH is 4. The van der Waals surface area contributed by atoms with Crippen LogP contribution in [0.2, 0.25) is 0 Å². The summed E-state index contributed by atoms with van der Waals surface area (Å²) in [6.07, 6.45) is -5.06. The van der Waals surface area contributed by atoms with E-state index in [0.29, 0.717) is 29.7 Å². The minimum atomic E-state index is -3.66. The van der Waals surface area contributed by atoms with Gasteiger partial charge in [0.15, 0.2) is 0 Å². The third-order valence-electron chi connectivity index (χ3n) is 6.65. The number of H-pyrrole nitrogens is 1. The van der Waals surface area contributed by atoms with Gasteiger partial charge in [0.25, 0.3) is 0 Å². The van der Waals surface area contributed by atoms with Crippen LogP contribution in [0.5, 0.6) is 0 Å². The van der Waals surface area contributed by atoms with Crippen molar-refractivity contribution in [1.29, 1.82) is 0 Å². The number of aromatic nitrogens is 2. The number of nitrogens with zero attached hydrogens (tertiary/aromatic N) is 2. The van der Waals surface area contributed by atoms with E-state index >= 15 is 0 Å². The highest BCUT2D eigenvalue weighted by Gasteiger charge is 2.42. The number of fused-ring (bicyclic) bond motifs is 1. The summed E-state index contributed by atoms with van der Waals surface area (Å²) in [6, 6.07) is 8.69. The van der Waals surface area contributed by atoms with Crippen LogP contribution in [0, 0.1) is 18.8 Å². The second-order valence-corrected chi connectivity index (χ2v) is 10.9. The molecule has 0 saturated carbocycles. The summed E-state index contributed by atoms with van der Waals surface area (Å²) in [5, 5.41) is 47.6. The fraction of sp³-hybridized carbons (Fsp3) is 0.423. The maximum atomic E-state index is 13.1. The quantitative estimate of drug-likeness (QED) is 0.293. The van der Waals surface area contributed by atoms with Crippen LogP contribution in [0.3, 0.4) is 0 Å². The van der Waals surface area contributed by atoms with E-state index in [1.165, 1.54) is 4.31 Å². The molecule has 3 aromatic rings. The molecule has 5 N–H and O–H groups in total. The van der Waals surface area contributed by atoms with E-state index in [4.69, 9.17) is 4.74 Å². The number of nitrogens with one attached hydrogen (secondary N) is 1. The highest BCUT2D eigenvalue weighted by molar-refractivity contribution is 7.89. The molecule has 0 spiro atoms. The standard InChI is InChI=1S/C26H31N3O7S/c1-4-29(5-2)37(34,35)19-8-6-15(3)20(12-19)17-10-16(23-18(11-17)13-27-28-23)7-9-21-24(31)26(33)25(32)22(14-30)36-21/h6,8,10-13,21-22,24-26,30-33H,4-5,14H2,1-3H3,(H,27,28)/t21-,22-,24-,25-,26-/m1/s1. The number of ether oxygens (including phenoxy) is 1. The van der Waals surface area contributed by atoms with E-state index in [2.05, 4.69) is 22.0 Å². The Labute approximate surface area is 215 Å². The van der Waals surface area contributed by atoms with Crippen LogP contribution < -0.4 is 0 Å². The maximum Gasteiger partial charge on any atom is 0.243 e. The van der Waals surface area contributed by atoms with Gasteiger partial charge in [-0.15, -0.1) is 0 Å². The molecule has 198 valence electrons. The highest BCUT2D eigenvalue weighted by Crippen LogP contribution is 2.31. The summed E-state index contributed by atoms with van der Waals surface area (Å²) >= 11 is 0. The topological polar surface area (TPSA) is 156 Å². The number of sulfonamides is 1. The average Bonchev–Trinajstić information content (AvgIpc) is 3.36. The minimum Gasteiger partial charge on any atom is -0.394 e. The van der Waals surface area contributed by atoms with Crippen LogP contribution in [0.25, 0.3) is 22.0 Å². The summed E-state index contributed by atoms with van der Waals surface area (Å²) in [7, 11) is -3.66. The van der Waals surface area contributed by atoms with Crippen LogP contribution in [0.15, 0.2) is 41.4 Å². The van der Waals surface area contributed by atoms with Crippen LogP contribution in [0.1, 0.15) is 25.0 Å². The highest BCUT2D eigenvalue weighted by atomic mass is 32.2. The van der Waals surface area contributed by atoms with Crippen molar-refractivity contribution in [2.24, 2.45) is 0 Å². The van der Waals surface area contributed by atoms with Gasteiger partial charge in [0.05, 0.1) is 28.8 Å². The molecule has 2 heterocycles. The van der Waals surface area contributed by atoms with Gasteiger partial charge in [-0.3, -0.25) is 5.10 Å². The lowest BCUT2D eigenvalue weighted by Crippen LogP contribution is -2.58. The number of rotatable bonds is 6. The monoisotopic (exact) mass is 529 g/mol. The SMILES string of the molecule is CCN(CC)S(=O)(=O)c1ccc(C)c(-c2cc(C#C[C@H]3O[C@H](CO)[C@@H](O)[C@H](O)[C@@H]3O)c3[nH]ncc3c2)c1. The first-order valence-corrected chi connectivity index (χ1v) is 13.5. The van der Waals surface area contributed by atoms with Crippen molar-refractivity contribution in [3.63, 3.8) is 0 Å². The zero-order valence-corrected chi connectivity index (χ0v) is 21.6. The van der Waals surface area contributed by atoms with E-state index in [9.17, 15) is 28.8 Å². The first kappa shape index (κ1) is 27.2. The molecule has 1 aliphatic heterocycles. The Balaban J connectivity index is 1.78. The molecule has 37 heavy (non-hydrogen) atoms. The lowest BCUT2D eigenvalue weighted by atomic mass is 9.94. The first-order valence-electron chi connectivity index (χ1n) is 12.0. The summed E-state index contributed by atoms with van der Waals surface area (Å²) in [6.45, 7) is 5.66. The molecular weight excluding hydrogens is 498 g/mol. The van der Waals surface area contributed by atoms with E-state index < -0.39 is 47.2 Å². The fourth-order valence-electron chi connectivity index (χ4n) is 4.47. The van der Waals surface area contributed by atoms with Gasteiger partial charge in [-0.2, -0.15) is 9.40 Å². The smallest absolute Gasteiger partial charge is 0.243 e. The molecule has 0 amide bonds. The largest absolute Gasteiger partial charge is 0.394 e. The molecule has 0 bridgehead atoms. The summed E-state index contributed by atoms with van der Waals surface area (Å²) < 4.78 is 33.2. The second-order valence-electron chi connectivity index (χ2n) is 8.94. The van der Waals surface area contributed by atoms with Gasteiger partial charge in [0, 0.05) is 18.5 Å². The third kappa shape index (κ3) is 5.15. The molecule has 4 rings (SSSR count). The average molecular weight is 530 g/mol. The van der Waals surface area contributed by atoms with Crippen molar-refractivity contribution in [2.45, 2.75) is 56.2 Å². The van der Waals surface area contributed by atoms with Crippen LogP contribution in [0.4, 0.5) is 0 Å². The lowest BCUT2D eigenvalue weighted by Gasteiger charge is -2.37. The van der Waals surface area contributed by atoms with Crippen molar-refractivity contribution in [1.82, 2.24) is 14.5 Å². The Hall–Kier alpha value is -2.82. The van der Waals surface area contributed by atoms with E-state index in [-0.39, 0.29) is 4.90 Å². The summed E-state index contributed by atoms with van der Waals surface area (Å²) in [4.78, 5) is 0.193. The van der Waals surface area contributed by atoms with E-state index in [1.807, 2.05) is 13.0 Å². The van der Waals surface area contributed by atoms with Gasteiger partial charge < -0.3 is 25.2 Å². The Morgan fingerprint density at radius 2 is 1.81 bits per heavy atom. The molecule has 0 radical (unpaired) electrons. The molecule has 1 aromatic heterocycles. The molecule has 1 aliphatic rings. The number of aliphatic hydroxyl groups is 4.